The highest BCUT2D eigenvalue weighted by Gasteiger charge is 2.19. The van der Waals surface area contributed by atoms with Gasteiger partial charge in [0, 0.05) is 19.3 Å². The van der Waals surface area contributed by atoms with Gasteiger partial charge in [0.05, 0.1) is 0 Å². The molecule has 0 aromatic heterocycles. The van der Waals surface area contributed by atoms with Crippen molar-refractivity contribution in [1.82, 2.24) is 0 Å². The monoisotopic (exact) mass is 851 g/mol. The Balaban J connectivity index is 4.47. The summed E-state index contributed by atoms with van der Waals surface area (Å²) in [6.07, 6.45) is 61.7. The second-order valence-corrected chi connectivity index (χ2v) is 16.7. The fourth-order valence-corrected chi connectivity index (χ4v) is 6.83. The van der Waals surface area contributed by atoms with Crippen molar-refractivity contribution in [3.8, 4) is 0 Å². The first-order chi connectivity index (χ1) is 30.0. The van der Waals surface area contributed by atoms with E-state index < -0.39 is 6.10 Å². The third-order valence-electron chi connectivity index (χ3n) is 10.7. The molecule has 0 radical (unpaired) electrons. The fraction of sp³-hybridized carbons (Fsp3) is 0.727. The van der Waals surface area contributed by atoms with Gasteiger partial charge in [0.2, 0.25) is 0 Å². The van der Waals surface area contributed by atoms with Crippen LogP contribution < -0.4 is 0 Å². The van der Waals surface area contributed by atoms with Crippen molar-refractivity contribution >= 4 is 17.9 Å². The van der Waals surface area contributed by atoms with Gasteiger partial charge in [0.1, 0.15) is 13.2 Å². The zero-order valence-electron chi connectivity index (χ0n) is 39.9. The molecule has 0 rings (SSSR count). The predicted molar refractivity (Wildman–Crippen MR) is 261 cm³/mol. The highest BCUT2D eigenvalue weighted by atomic mass is 16.6. The molecular weight excluding hydrogens is 757 g/mol. The second-order valence-electron chi connectivity index (χ2n) is 16.7. The topological polar surface area (TPSA) is 78.9 Å². The molecule has 0 aliphatic rings. The molecule has 0 N–H and O–H groups in total. The van der Waals surface area contributed by atoms with Crippen LogP contribution in [0.25, 0.3) is 0 Å². The Kier molecular flexibility index (Phi) is 46.9. The minimum absolute atomic E-state index is 0.0970. The summed E-state index contributed by atoms with van der Waals surface area (Å²) >= 11 is 0. The summed E-state index contributed by atoms with van der Waals surface area (Å²) in [5, 5.41) is 0. The average Bonchev–Trinajstić information content (AvgIpc) is 3.26. The molecule has 0 saturated heterocycles. The molecule has 0 aliphatic carbocycles. The molecule has 0 amide bonds. The summed E-state index contributed by atoms with van der Waals surface area (Å²) in [4.78, 5) is 37.9. The molecule has 0 aromatic carbocycles. The van der Waals surface area contributed by atoms with Crippen molar-refractivity contribution in [2.45, 2.75) is 245 Å². The maximum Gasteiger partial charge on any atom is 0.306 e. The largest absolute Gasteiger partial charge is 0.462 e. The van der Waals surface area contributed by atoms with Gasteiger partial charge in [-0.1, -0.05) is 184 Å². The molecule has 1 atom stereocenters. The summed E-state index contributed by atoms with van der Waals surface area (Å²) in [5.74, 6) is -0.952. The summed E-state index contributed by atoms with van der Waals surface area (Å²) in [6, 6.07) is 0. The zero-order valence-corrected chi connectivity index (χ0v) is 39.9. The lowest BCUT2D eigenvalue weighted by Crippen LogP contribution is -2.30. The smallest absolute Gasteiger partial charge is 0.306 e. The van der Waals surface area contributed by atoms with Crippen LogP contribution in [-0.2, 0) is 28.6 Å². The van der Waals surface area contributed by atoms with Crippen LogP contribution in [0.4, 0.5) is 0 Å². The Morgan fingerprint density at radius 3 is 1.05 bits per heavy atom. The minimum atomic E-state index is -0.801. The van der Waals surface area contributed by atoms with Crippen LogP contribution in [0.15, 0.2) is 72.9 Å². The van der Waals surface area contributed by atoms with E-state index in [9.17, 15) is 14.4 Å². The Hall–Kier alpha value is -3.15. The van der Waals surface area contributed by atoms with E-state index in [0.29, 0.717) is 19.3 Å². The number of rotatable bonds is 45. The van der Waals surface area contributed by atoms with Gasteiger partial charge in [0.15, 0.2) is 6.10 Å². The quantitative estimate of drug-likeness (QED) is 0.0263. The van der Waals surface area contributed by atoms with Crippen molar-refractivity contribution < 1.29 is 28.6 Å². The second kappa shape index (κ2) is 49.5. The minimum Gasteiger partial charge on any atom is -0.462 e. The van der Waals surface area contributed by atoms with Gasteiger partial charge in [-0.15, -0.1) is 0 Å². The van der Waals surface area contributed by atoms with Crippen molar-refractivity contribution in [2.75, 3.05) is 13.2 Å². The number of esters is 3. The molecule has 0 unspecified atom stereocenters. The molecule has 0 heterocycles. The van der Waals surface area contributed by atoms with Crippen LogP contribution in [0.3, 0.4) is 0 Å². The van der Waals surface area contributed by atoms with E-state index in [1.165, 1.54) is 109 Å². The first kappa shape index (κ1) is 57.9. The van der Waals surface area contributed by atoms with Gasteiger partial charge in [0.25, 0.3) is 0 Å². The molecule has 0 aromatic rings. The lowest BCUT2D eigenvalue weighted by Gasteiger charge is -2.18. The van der Waals surface area contributed by atoms with E-state index in [0.717, 1.165) is 83.5 Å². The molecule has 0 fully saturated rings. The van der Waals surface area contributed by atoms with E-state index in [4.69, 9.17) is 14.2 Å². The number of hydrogen-bond donors (Lipinski definition) is 0. The maximum atomic E-state index is 12.8. The van der Waals surface area contributed by atoms with Gasteiger partial charge in [-0.25, -0.2) is 0 Å². The van der Waals surface area contributed by atoms with Crippen molar-refractivity contribution in [2.24, 2.45) is 0 Å². The molecule has 6 heteroatoms. The summed E-state index contributed by atoms with van der Waals surface area (Å²) < 4.78 is 16.7. The van der Waals surface area contributed by atoms with Gasteiger partial charge in [-0.2, -0.15) is 0 Å². The number of carbonyl (C=O) groups excluding carboxylic acids is 3. The standard InChI is InChI=1S/C55H94O6/c1-4-7-10-13-16-19-22-25-27-30-33-36-39-42-45-48-54(57)60-51-52(50-59-53(56)47-44-41-38-35-32-29-24-21-18-15-12-9-6-3)61-55(58)49-46-43-40-37-34-31-28-26-23-20-17-14-11-8-5-2/h8,11,17,19-22,24,26,28,34,37,52H,4-7,9-10,12-16,18,23,25,27,29-33,35-36,38-51H2,1-3H3/b11-8-,20-17-,22-19-,24-21-,28-26-,37-34-/t52-/m0/s1. The van der Waals surface area contributed by atoms with E-state index in [2.05, 4.69) is 93.7 Å². The highest BCUT2D eigenvalue weighted by molar-refractivity contribution is 5.71. The van der Waals surface area contributed by atoms with E-state index in [1.807, 2.05) is 0 Å². The van der Waals surface area contributed by atoms with E-state index >= 15 is 0 Å². The molecular formula is C55H94O6. The predicted octanol–water partition coefficient (Wildman–Crippen LogP) is 16.6. The molecule has 6 nitrogen and oxygen atoms in total. The zero-order chi connectivity index (χ0) is 44.4. The van der Waals surface area contributed by atoms with E-state index in [1.54, 1.807) is 0 Å². The third kappa shape index (κ3) is 47.7. The number of allylic oxidation sites excluding steroid dienone is 12. The Morgan fingerprint density at radius 1 is 0.344 bits per heavy atom. The van der Waals surface area contributed by atoms with Gasteiger partial charge in [-0.05, 0) is 109 Å². The van der Waals surface area contributed by atoms with Crippen molar-refractivity contribution in [3.05, 3.63) is 72.9 Å². The lowest BCUT2D eigenvalue weighted by molar-refractivity contribution is -0.167. The molecule has 350 valence electrons. The lowest BCUT2D eigenvalue weighted by atomic mass is 10.1. The molecule has 0 bridgehead atoms. The van der Waals surface area contributed by atoms with Crippen LogP contribution >= 0.6 is 0 Å². The average molecular weight is 851 g/mol. The first-order valence-electron chi connectivity index (χ1n) is 25.4. The third-order valence-corrected chi connectivity index (χ3v) is 10.7. The summed E-state index contributed by atoms with van der Waals surface area (Å²) in [7, 11) is 0. The van der Waals surface area contributed by atoms with Crippen LogP contribution in [0.2, 0.25) is 0 Å². The fourth-order valence-electron chi connectivity index (χ4n) is 6.83. The van der Waals surface area contributed by atoms with Crippen LogP contribution in [0.5, 0.6) is 0 Å². The number of hydrogen-bond acceptors (Lipinski definition) is 6. The van der Waals surface area contributed by atoms with E-state index in [-0.39, 0.29) is 37.5 Å². The van der Waals surface area contributed by atoms with Crippen molar-refractivity contribution in [3.63, 3.8) is 0 Å². The SMILES string of the molecule is CC/C=C\C/C=C\C/C=C\C/C=C\CCCCC(=O)O[C@@H](COC(=O)CCCCCCC/C=C\CCCCCC)COC(=O)CCCCCCCCC/C=C\CCCCCC. The van der Waals surface area contributed by atoms with Gasteiger partial charge >= 0.3 is 17.9 Å². The van der Waals surface area contributed by atoms with Crippen LogP contribution in [0.1, 0.15) is 239 Å². The Morgan fingerprint density at radius 2 is 0.639 bits per heavy atom. The normalized spacial score (nSPS) is 12.6. The highest BCUT2D eigenvalue weighted by Crippen LogP contribution is 2.13. The van der Waals surface area contributed by atoms with Gasteiger partial charge in [-0.3, -0.25) is 14.4 Å². The molecule has 0 saturated carbocycles. The van der Waals surface area contributed by atoms with Crippen LogP contribution in [0, 0.1) is 0 Å². The number of carbonyl (C=O) groups is 3. The van der Waals surface area contributed by atoms with Crippen LogP contribution in [-0.4, -0.2) is 37.2 Å². The summed E-state index contributed by atoms with van der Waals surface area (Å²) in [5.41, 5.74) is 0. The number of unbranched alkanes of at least 4 members (excludes halogenated alkanes) is 22. The first-order valence-corrected chi connectivity index (χ1v) is 25.4. The maximum absolute atomic E-state index is 12.8. The Labute approximate surface area is 376 Å². The molecule has 61 heavy (non-hydrogen) atoms. The molecule has 0 spiro atoms. The molecule has 0 aliphatic heterocycles. The van der Waals surface area contributed by atoms with Gasteiger partial charge < -0.3 is 14.2 Å². The number of ether oxygens (including phenoxy) is 3. The summed E-state index contributed by atoms with van der Waals surface area (Å²) in [6.45, 7) is 6.45. The Bertz CT molecular complexity index is 1160. The van der Waals surface area contributed by atoms with Crippen molar-refractivity contribution in [1.29, 1.82) is 0 Å².